The van der Waals surface area contributed by atoms with E-state index in [1.165, 1.54) is 4.88 Å². The van der Waals surface area contributed by atoms with Crippen LogP contribution in [0.5, 0.6) is 0 Å². The standard InChI is InChI=1S/C15H22N2O3S.ClH/c16-14(11-3-6-19-7-4-11)15(18)17-5-8-20-12(10-17)13-2-1-9-21-13;/h1-2,9,11-12,14H,3-8,10,16H2;1H. The van der Waals surface area contributed by atoms with Gasteiger partial charge in [-0.3, -0.25) is 4.79 Å². The van der Waals surface area contributed by atoms with E-state index in [1.807, 2.05) is 16.3 Å². The van der Waals surface area contributed by atoms with Crippen molar-refractivity contribution < 1.29 is 14.3 Å². The number of carbonyl (C=O) groups is 1. The Labute approximate surface area is 141 Å². The zero-order valence-electron chi connectivity index (χ0n) is 12.5. The van der Waals surface area contributed by atoms with E-state index in [1.54, 1.807) is 11.3 Å². The van der Waals surface area contributed by atoms with E-state index in [9.17, 15) is 4.79 Å². The molecule has 2 unspecified atom stereocenters. The van der Waals surface area contributed by atoms with Crippen molar-refractivity contribution in [2.45, 2.75) is 25.0 Å². The minimum atomic E-state index is -0.406. The van der Waals surface area contributed by atoms with Crippen LogP contribution in [0.3, 0.4) is 0 Å². The normalized spacial score (nSPS) is 24.6. The summed E-state index contributed by atoms with van der Waals surface area (Å²) in [5, 5.41) is 2.03. The number of nitrogens with two attached hydrogens (primary N) is 1. The Kier molecular flexibility index (Phi) is 6.65. The van der Waals surface area contributed by atoms with Crippen molar-refractivity contribution in [2.24, 2.45) is 11.7 Å². The fourth-order valence-corrected chi connectivity index (χ4v) is 3.75. The number of amides is 1. The molecule has 22 heavy (non-hydrogen) atoms. The molecule has 0 aromatic carbocycles. The van der Waals surface area contributed by atoms with Gasteiger partial charge in [-0.05, 0) is 30.2 Å². The molecule has 2 aliphatic rings. The first-order chi connectivity index (χ1) is 10.3. The summed E-state index contributed by atoms with van der Waals surface area (Å²) in [6, 6.07) is 3.66. The summed E-state index contributed by atoms with van der Waals surface area (Å²) in [6.07, 6.45) is 1.75. The lowest BCUT2D eigenvalue weighted by molar-refractivity contribution is -0.142. The minimum Gasteiger partial charge on any atom is -0.381 e. The fraction of sp³-hybridized carbons (Fsp3) is 0.667. The molecule has 3 heterocycles. The molecule has 1 aromatic rings. The smallest absolute Gasteiger partial charge is 0.239 e. The van der Waals surface area contributed by atoms with E-state index >= 15 is 0 Å². The molecule has 0 radical (unpaired) electrons. The molecule has 7 heteroatoms. The molecule has 2 saturated heterocycles. The van der Waals surface area contributed by atoms with Gasteiger partial charge in [-0.1, -0.05) is 6.07 Å². The minimum absolute atomic E-state index is 0. The van der Waals surface area contributed by atoms with Gasteiger partial charge in [-0.2, -0.15) is 0 Å². The van der Waals surface area contributed by atoms with Crippen LogP contribution in [-0.2, 0) is 14.3 Å². The van der Waals surface area contributed by atoms with Crippen LogP contribution in [0.15, 0.2) is 17.5 Å². The number of thiophene rings is 1. The number of halogens is 1. The molecule has 0 aliphatic carbocycles. The summed E-state index contributed by atoms with van der Waals surface area (Å²) >= 11 is 1.67. The van der Waals surface area contributed by atoms with Crippen molar-refractivity contribution in [3.05, 3.63) is 22.4 Å². The summed E-state index contributed by atoms with van der Waals surface area (Å²) in [5.74, 6) is 0.307. The predicted octanol–water partition coefficient (Wildman–Crippen LogP) is 1.82. The number of hydrogen-bond donors (Lipinski definition) is 1. The van der Waals surface area contributed by atoms with Gasteiger partial charge in [-0.25, -0.2) is 0 Å². The van der Waals surface area contributed by atoms with Gasteiger partial charge in [0.2, 0.25) is 5.91 Å². The molecule has 0 bridgehead atoms. The summed E-state index contributed by atoms with van der Waals surface area (Å²) in [5.41, 5.74) is 6.20. The maximum absolute atomic E-state index is 12.6. The zero-order chi connectivity index (χ0) is 14.7. The van der Waals surface area contributed by atoms with Crippen LogP contribution in [0.25, 0.3) is 0 Å². The Morgan fingerprint density at radius 3 is 2.82 bits per heavy atom. The van der Waals surface area contributed by atoms with Crippen LogP contribution < -0.4 is 5.73 Å². The van der Waals surface area contributed by atoms with Crippen molar-refractivity contribution in [2.75, 3.05) is 32.9 Å². The van der Waals surface area contributed by atoms with Crippen LogP contribution in [0.4, 0.5) is 0 Å². The van der Waals surface area contributed by atoms with Gasteiger partial charge in [0.15, 0.2) is 0 Å². The topological polar surface area (TPSA) is 64.8 Å². The van der Waals surface area contributed by atoms with Crippen molar-refractivity contribution in [3.63, 3.8) is 0 Å². The van der Waals surface area contributed by atoms with Gasteiger partial charge in [0.05, 0.1) is 19.2 Å². The number of ether oxygens (including phenoxy) is 2. The van der Waals surface area contributed by atoms with Gasteiger partial charge in [0.1, 0.15) is 6.10 Å². The SMILES string of the molecule is Cl.NC(C(=O)N1CCOC(c2cccs2)C1)C1CCOCC1. The maximum atomic E-state index is 12.6. The van der Waals surface area contributed by atoms with Crippen LogP contribution in [0, 0.1) is 5.92 Å². The molecule has 3 rings (SSSR count). The molecule has 1 amide bonds. The zero-order valence-corrected chi connectivity index (χ0v) is 14.1. The van der Waals surface area contributed by atoms with Crippen LogP contribution in [-0.4, -0.2) is 49.8 Å². The fourth-order valence-electron chi connectivity index (χ4n) is 2.98. The monoisotopic (exact) mass is 346 g/mol. The van der Waals surface area contributed by atoms with Crippen LogP contribution >= 0.6 is 23.7 Å². The molecule has 2 N–H and O–H groups in total. The van der Waals surface area contributed by atoms with Crippen LogP contribution in [0.2, 0.25) is 0 Å². The van der Waals surface area contributed by atoms with Crippen molar-refractivity contribution in [1.29, 1.82) is 0 Å². The van der Waals surface area contributed by atoms with Crippen molar-refractivity contribution in [3.8, 4) is 0 Å². The Morgan fingerprint density at radius 2 is 2.14 bits per heavy atom. The average molecular weight is 347 g/mol. The summed E-state index contributed by atoms with van der Waals surface area (Å²) in [6.45, 7) is 3.25. The van der Waals surface area contributed by atoms with E-state index < -0.39 is 6.04 Å². The molecular formula is C15H23ClN2O3S. The average Bonchev–Trinajstić information content (AvgIpc) is 3.09. The Balaban J connectivity index is 0.00000176. The first-order valence-corrected chi connectivity index (χ1v) is 8.41. The van der Waals surface area contributed by atoms with Crippen molar-refractivity contribution >= 4 is 29.7 Å². The first kappa shape index (κ1) is 17.7. The second-order valence-electron chi connectivity index (χ2n) is 5.63. The van der Waals surface area contributed by atoms with E-state index in [0.29, 0.717) is 32.9 Å². The van der Waals surface area contributed by atoms with Gasteiger partial charge in [0, 0.05) is 24.6 Å². The van der Waals surface area contributed by atoms with Gasteiger partial charge < -0.3 is 20.1 Å². The third-order valence-electron chi connectivity index (χ3n) is 4.30. The molecule has 0 spiro atoms. The highest BCUT2D eigenvalue weighted by Crippen LogP contribution is 2.27. The third kappa shape index (κ3) is 4.00. The molecule has 1 aromatic heterocycles. The lowest BCUT2D eigenvalue weighted by Crippen LogP contribution is -2.52. The lowest BCUT2D eigenvalue weighted by Gasteiger charge is -2.36. The number of nitrogens with zero attached hydrogens (tertiary/aromatic N) is 1. The number of carbonyl (C=O) groups excluding carboxylic acids is 1. The Bertz CT molecular complexity index is 465. The van der Waals surface area contributed by atoms with Gasteiger partial charge >= 0.3 is 0 Å². The third-order valence-corrected chi connectivity index (χ3v) is 5.26. The highest BCUT2D eigenvalue weighted by Gasteiger charge is 2.33. The van der Waals surface area contributed by atoms with Gasteiger partial charge in [-0.15, -0.1) is 23.7 Å². The molecule has 124 valence electrons. The molecule has 2 atom stereocenters. The maximum Gasteiger partial charge on any atom is 0.239 e. The van der Waals surface area contributed by atoms with E-state index in [0.717, 1.165) is 12.8 Å². The van der Waals surface area contributed by atoms with E-state index in [2.05, 4.69) is 6.07 Å². The van der Waals surface area contributed by atoms with Gasteiger partial charge in [0.25, 0.3) is 0 Å². The second kappa shape index (κ2) is 8.26. The predicted molar refractivity (Wildman–Crippen MR) is 88.4 cm³/mol. The summed E-state index contributed by atoms with van der Waals surface area (Å²) in [7, 11) is 0. The van der Waals surface area contributed by atoms with E-state index in [-0.39, 0.29) is 30.3 Å². The summed E-state index contributed by atoms with van der Waals surface area (Å²) in [4.78, 5) is 15.7. The number of morpholine rings is 1. The number of hydrogen-bond acceptors (Lipinski definition) is 5. The Hall–Kier alpha value is -0.660. The molecule has 5 nitrogen and oxygen atoms in total. The second-order valence-corrected chi connectivity index (χ2v) is 6.61. The largest absolute Gasteiger partial charge is 0.381 e. The quantitative estimate of drug-likeness (QED) is 0.906. The van der Waals surface area contributed by atoms with Crippen LogP contribution in [0.1, 0.15) is 23.8 Å². The highest BCUT2D eigenvalue weighted by atomic mass is 35.5. The molecule has 2 aliphatic heterocycles. The Morgan fingerprint density at radius 1 is 1.36 bits per heavy atom. The lowest BCUT2D eigenvalue weighted by atomic mass is 9.91. The summed E-state index contributed by atoms with van der Waals surface area (Å²) < 4.78 is 11.1. The molecule has 2 fully saturated rings. The highest BCUT2D eigenvalue weighted by molar-refractivity contribution is 7.10. The molecular weight excluding hydrogens is 324 g/mol. The van der Waals surface area contributed by atoms with Crippen molar-refractivity contribution in [1.82, 2.24) is 4.90 Å². The van der Waals surface area contributed by atoms with E-state index in [4.69, 9.17) is 15.2 Å². The molecule has 0 saturated carbocycles. The first-order valence-electron chi connectivity index (χ1n) is 7.53. The number of rotatable bonds is 3.